The molecular formula is C62H37N3O. The van der Waals surface area contributed by atoms with Gasteiger partial charge in [-0.15, -0.1) is 0 Å². The Kier molecular flexibility index (Phi) is 7.87. The molecule has 0 N–H and O–H groups in total. The lowest BCUT2D eigenvalue weighted by atomic mass is 9.70. The van der Waals surface area contributed by atoms with Gasteiger partial charge in [-0.2, -0.15) is 0 Å². The minimum absolute atomic E-state index is 0.380. The fraction of sp³-hybridized carbons (Fsp3) is 0.0161. The monoisotopic (exact) mass is 839 g/mol. The summed E-state index contributed by atoms with van der Waals surface area (Å²) in [4.78, 5) is 15.3. The second-order valence-electron chi connectivity index (χ2n) is 17.4. The summed E-state index contributed by atoms with van der Waals surface area (Å²) in [6.07, 6.45) is 0. The van der Waals surface area contributed by atoms with Crippen LogP contribution in [0.4, 0.5) is 0 Å². The Bertz CT molecular complexity index is 3900. The van der Waals surface area contributed by atoms with Crippen molar-refractivity contribution in [2.75, 3.05) is 0 Å². The highest BCUT2D eigenvalue weighted by molar-refractivity contribution is 6.12. The zero-order valence-corrected chi connectivity index (χ0v) is 35.6. The van der Waals surface area contributed by atoms with Crippen molar-refractivity contribution < 1.29 is 4.42 Å². The molecule has 2 aromatic heterocycles. The molecule has 10 aromatic carbocycles. The van der Waals surface area contributed by atoms with Gasteiger partial charge in [0.15, 0.2) is 17.5 Å². The Morgan fingerprint density at radius 2 is 0.773 bits per heavy atom. The van der Waals surface area contributed by atoms with Crippen molar-refractivity contribution in [3.05, 3.63) is 247 Å². The van der Waals surface area contributed by atoms with Crippen LogP contribution >= 0.6 is 0 Å². The summed E-state index contributed by atoms with van der Waals surface area (Å²) in [6.45, 7) is 0. The Labute approximate surface area is 381 Å². The Hall–Kier alpha value is -8.73. The molecule has 0 saturated carbocycles. The number of fused-ring (bicyclic) bond motifs is 14. The summed E-state index contributed by atoms with van der Waals surface area (Å²) >= 11 is 0. The van der Waals surface area contributed by atoms with Crippen LogP contribution < -0.4 is 0 Å². The van der Waals surface area contributed by atoms with Crippen molar-refractivity contribution in [1.29, 1.82) is 0 Å². The topological polar surface area (TPSA) is 51.8 Å². The van der Waals surface area contributed by atoms with Crippen LogP contribution in [0, 0.1) is 0 Å². The minimum Gasteiger partial charge on any atom is -0.456 e. The molecule has 0 radical (unpaired) electrons. The van der Waals surface area contributed by atoms with Crippen molar-refractivity contribution in [2.45, 2.75) is 5.41 Å². The maximum atomic E-state index is 6.21. The van der Waals surface area contributed by atoms with Gasteiger partial charge < -0.3 is 4.42 Å². The smallest absolute Gasteiger partial charge is 0.164 e. The number of aromatic nitrogens is 3. The quantitative estimate of drug-likeness (QED) is 0.173. The van der Waals surface area contributed by atoms with E-state index < -0.39 is 0 Å². The van der Waals surface area contributed by atoms with Gasteiger partial charge in [-0.3, -0.25) is 0 Å². The number of nitrogens with zero attached hydrogens (tertiary/aromatic N) is 3. The summed E-state index contributed by atoms with van der Waals surface area (Å²) in [5, 5.41) is 4.50. The summed E-state index contributed by atoms with van der Waals surface area (Å²) < 4.78 is 6.21. The van der Waals surface area contributed by atoms with Gasteiger partial charge in [-0.1, -0.05) is 200 Å². The first-order valence-corrected chi connectivity index (χ1v) is 22.5. The number of hydrogen-bond donors (Lipinski definition) is 0. The second kappa shape index (κ2) is 14.1. The third kappa shape index (κ3) is 5.30. The highest BCUT2D eigenvalue weighted by Crippen LogP contribution is 2.64. The van der Waals surface area contributed by atoms with E-state index in [9.17, 15) is 0 Å². The SMILES string of the molecule is c1ccc(-c2nc(-c3ccc(-c4cccc5oc6ccccc6c45)cc3)nc(-c3ccc4cc(-c5cccc6c5-c5ccccc5C65c6ccccc6-c6ccccc65)ccc4c3)n2)cc1. The van der Waals surface area contributed by atoms with E-state index in [1.807, 2.05) is 36.4 Å². The molecule has 2 aliphatic carbocycles. The van der Waals surface area contributed by atoms with E-state index in [0.717, 1.165) is 60.5 Å². The van der Waals surface area contributed by atoms with E-state index in [1.54, 1.807) is 0 Å². The van der Waals surface area contributed by atoms with Crippen LogP contribution in [-0.4, -0.2) is 15.0 Å². The molecule has 66 heavy (non-hydrogen) atoms. The molecular weight excluding hydrogens is 803 g/mol. The van der Waals surface area contributed by atoms with E-state index >= 15 is 0 Å². The molecule has 0 saturated heterocycles. The number of hydrogen-bond acceptors (Lipinski definition) is 4. The fourth-order valence-electron chi connectivity index (χ4n) is 11.1. The van der Waals surface area contributed by atoms with Gasteiger partial charge in [-0.25, -0.2) is 15.0 Å². The van der Waals surface area contributed by atoms with Crippen molar-refractivity contribution in [3.63, 3.8) is 0 Å². The van der Waals surface area contributed by atoms with Crippen LogP contribution in [-0.2, 0) is 5.41 Å². The van der Waals surface area contributed by atoms with E-state index in [-0.39, 0.29) is 5.41 Å². The van der Waals surface area contributed by atoms with Crippen LogP contribution in [0.25, 0.3) is 111 Å². The molecule has 0 bridgehead atoms. The van der Waals surface area contributed by atoms with Gasteiger partial charge in [0.1, 0.15) is 11.2 Å². The molecule has 4 nitrogen and oxygen atoms in total. The maximum Gasteiger partial charge on any atom is 0.164 e. The zero-order chi connectivity index (χ0) is 43.3. The van der Waals surface area contributed by atoms with E-state index in [4.69, 9.17) is 19.4 Å². The van der Waals surface area contributed by atoms with E-state index in [0.29, 0.717) is 17.5 Å². The lowest BCUT2D eigenvalue weighted by Gasteiger charge is -2.30. The molecule has 2 aliphatic rings. The number of furan rings is 1. The normalized spacial score (nSPS) is 13.0. The standard InChI is InChI=1S/C62H37N3O/c1-2-14-39(15-3-1)59-63-60(40-30-28-38(29-31-40)45-21-13-27-56-58(45)50-19-7-11-26-55(50)66-56)65-61(64-59)44-35-33-41-36-43(34-32-42(41)37-44)46-20-12-25-54-57(46)49-18-6-10-24-53(49)62(54)51-22-8-4-16-47(51)48-17-5-9-23-52(48)62/h1-37H. The summed E-state index contributed by atoms with van der Waals surface area (Å²) in [6, 6.07) is 80.4. The third-order valence-electron chi connectivity index (χ3n) is 14.0. The molecule has 0 unspecified atom stereocenters. The van der Waals surface area contributed by atoms with Crippen LogP contribution in [0.15, 0.2) is 229 Å². The van der Waals surface area contributed by atoms with Crippen LogP contribution in [0.3, 0.4) is 0 Å². The predicted octanol–water partition coefficient (Wildman–Crippen LogP) is 15.6. The Balaban J connectivity index is 0.861. The highest BCUT2D eigenvalue weighted by atomic mass is 16.3. The molecule has 0 fully saturated rings. The molecule has 0 atom stereocenters. The van der Waals surface area contributed by atoms with Crippen LogP contribution in [0.1, 0.15) is 22.3 Å². The molecule has 4 heteroatoms. The molecule has 12 aromatic rings. The van der Waals surface area contributed by atoms with Crippen molar-refractivity contribution in [1.82, 2.24) is 15.0 Å². The number of benzene rings is 10. The maximum absolute atomic E-state index is 6.21. The lowest BCUT2D eigenvalue weighted by Crippen LogP contribution is -2.25. The van der Waals surface area contributed by atoms with E-state index in [2.05, 4.69) is 188 Å². The van der Waals surface area contributed by atoms with Gasteiger partial charge in [-0.05, 0) is 102 Å². The molecule has 306 valence electrons. The summed E-state index contributed by atoms with van der Waals surface area (Å²) in [5.74, 6) is 1.88. The van der Waals surface area contributed by atoms with E-state index in [1.165, 1.54) is 55.6 Å². The average molecular weight is 840 g/mol. The van der Waals surface area contributed by atoms with Gasteiger partial charge in [0.2, 0.25) is 0 Å². The van der Waals surface area contributed by atoms with Gasteiger partial charge in [0, 0.05) is 27.5 Å². The first-order valence-electron chi connectivity index (χ1n) is 22.5. The molecule has 0 amide bonds. The van der Waals surface area contributed by atoms with Gasteiger partial charge in [0.05, 0.1) is 5.41 Å². The van der Waals surface area contributed by atoms with Gasteiger partial charge >= 0.3 is 0 Å². The first kappa shape index (κ1) is 36.7. The second-order valence-corrected chi connectivity index (χ2v) is 17.4. The number of rotatable bonds is 5. The molecule has 2 heterocycles. The molecule has 14 rings (SSSR count). The molecule has 1 spiro atoms. The average Bonchev–Trinajstić information content (AvgIpc) is 4.03. The minimum atomic E-state index is -0.380. The Morgan fingerprint density at radius 3 is 1.50 bits per heavy atom. The van der Waals surface area contributed by atoms with Crippen LogP contribution in [0.5, 0.6) is 0 Å². The first-order chi connectivity index (χ1) is 32.7. The largest absolute Gasteiger partial charge is 0.456 e. The number of para-hydroxylation sites is 1. The van der Waals surface area contributed by atoms with Crippen LogP contribution in [0.2, 0.25) is 0 Å². The Morgan fingerprint density at radius 1 is 0.303 bits per heavy atom. The lowest BCUT2D eigenvalue weighted by molar-refractivity contribution is 0.669. The van der Waals surface area contributed by atoms with Crippen molar-refractivity contribution >= 4 is 32.7 Å². The third-order valence-corrected chi connectivity index (χ3v) is 14.0. The molecule has 0 aliphatic heterocycles. The fourth-order valence-corrected chi connectivity index (χ4v) is 11.1. The zero-order valence-electron chi connectivity index (χ0n) is 35.6. The summed E-state index contributed by atoms with van der Waals surface area (Å²) in [5.41, 5.74) is 19.4. The highest BCUT2D eigenvalue weighted by Gasteiger charge is 2.51. The van der Waals surface area contributed by atoms with Crippen molar-refractivity contribution in [2.24, 2.45) is 0 Å². The van der Waals surface area contributed by atoms with Gasteiger partial charge in [0.25, 0.3) is 0 Å². The summed E-state index contributed by atoms with van der Waals surface area (Å²) in [7, 11) is 0. The van der Waals surface area contributed by atoms with Crippen molar-refractivity contribution in [3.8, 4) is 78.7 Å². The predicted molar refractivity (Wildman–Crippen MR) is 268 cm³/mol.